The van der Waals surface area contributed by atoms with Gasteiger partial charge in [-0.05, 0) is 30.7 Å². The zero-order chi connectivity index (χ0) is 17.9. The van der Waals surface area contributed by atoms with Crippen LogP contribution in [0.3, 0.4) is 0 Å². The lowest BCUT2D eigenvalue weighted by atomic mass is 10.2. The first kappa shape index (κ1) is 16.3. The molecule has 1 unspecified atom stereocenters. The van der Waals surface area contributed by atoms with Gasteiger partial charge in [-0.2, -0.15) is 0 Å². The lowest BCUT2D eigenvalue weighted by Crippen LogP contribution is -2.33. The second-order valence-electron chi connectivity index (χ2n) is 6.28. The lowest BCUT2D eigenvalue weighted by Gasteiger charge is -2.17. The number of methoxy groups -OCH3 is 1. The van der Waals surface area contributed by atoms with Crippen LogP contribution in [0.1, 0.15) is 12.1 Å². The van der Waals surface area contributed by atoms with Crippen LogP contribution in [0.15, 0.2) is 42.9 Å². The van der Waals surface area contributed by atoms with Crippen molar-refractivity contribution < 1.29 is 9.53 Å². The number of anilines is 1. The van der Waals surface area contributed by atoms with Gasteiger partial charge in [-0.1, -0.05) is 0 Å². The summed E-state index contributed by atoms with van der Waals surface area (Å²) in [6.45, 7) is 1.40. The summed E-state index contributed by atoms with van der Waals surface area (Å²) in [6, 6.07) is 7.67. The van der Waals surface area contributed by atoms with Gasteiger partial charge < -0.3 is 15.0 Å². The summed E-state index contributed by atoms with van der Waals surface area (Å²) in [7, 11) is 1.60. The molecule has 1 amide bonds. The predicted molar refractivity (Wildman–Crippen MR) is 96.1 cm³/mol. The van der Waals surface area contributed by atoms with E-state index < -0.39 is 0 Å². The van der Waals surface area contributed by atoms with Crippen LogP contribution in [0.4, 0.5) is 5.82 Å². The second kappa shape index (κ2) is 6.99. The first-order valence-electron chi connectivity index (χ1n) is 8.55. The Morgan fingerprint density at radius 3 is 3.04 bits per heavy atom. The number of likely N-dealkylation sites (tertiary alicyclic amines) is 1. The van der Waals surface area contributed by atoms with Crippen molar-refractivity contribution in [2.24, 2.45) is 0 Å². The van der Waals surface area contributed by atoms with E-state index in [2.05, 4.69) is 20.4 Å². The Labute approximate surface area is 150 Å². The van der Waals surface area contributed by atoms with E-state index in [9.17, 15) is 4.79 Å². The van der Waals surface area contributed by atoms with Gasteiger partial charge in [0.1, 0.15) is 11.6 Å². The molecule has 1 aliphatic rings. The fourth-order valence-corrected chi connectivity index (χ4v) is 3.11. The van der Waals surface area contributed by atoms with E-state index >= 15 is 0 Å². The maximum absolute atomic E-state index is 12.5. The van der Waals surface area contributed by atoms with Gasteiger partial charge in [0.2, 0.25) is 5.91 Å². The van der Waals surface area contributed by atoms with Crippen LogP contribution in [0.25, 0.3) is 5.65 Å². The lowest BCUT2D eigenvalue weighted by molar-refractivity contribution is -0.129. The molecule has 0 aromatic carbocycles. The quantitative estimate of drug-likeness (QED) is 0.747. The number of aromatic nitrogens is 4. The molecule has 0 spiro atoms. The molecule has 3 aromatic heterocycles. The van der Waals surface area contributed by atoms with Crippen LogP contribution in [0, 0.1) is 0 Å². The molecule has 4 heterocycles. The standard InChI is InChI=1S/C18H20N6O2/c1-26-15-3-2-13(20-11-15)10-18(25)23-8-6-14(12-23)21-16-4-5-17-19-7-9-24(17)22-16/h2-5,7,9,11,14H,6,8,10,12H2,1H3,(H,21,22). The Bertz CT molecular complexity index is 907. The van der Waals surface area contributed by atoms with Crippen molar-refractivity contribution in [3.63, 3.8) is 0 Å². The van der Waals surface area contributed by atoms with Crippen LogP contribution in [-0.2, 0) is 11.2 Å². The van der Waals surface area contributed by atoms with Gasteiger partial charge in [0, 0.05) is 37.2 Å². The summed E-state index contributed by atoms with van der Waals surface area (Å²) < 4.78 is 6.82. The van der Waals surface area contributed by atoms with E-state index in [0.717, 1.165) is 30.1 Å². The monoisotopic (exact) mass is 352 g/mol. The fraction of sp³-hybridized carbons (Fsp3) is 0.333. The summed E-state index contributed by atoms with van der Waals surface area (Å²) in [5.41, 5.74) is 1.56. The Morgan fingerprint density at radius 2 is 2.23 bits per heavy atom. The summed E-state index contributed by atoms with van der Waals surface area (Å²) in [6.07, 6.45) is 6.36. The largest absolute Gasteiger partial charge is 0.495 e. The Kier molecular flexibility index (Phi) is 4.39. The number of hydrogen-bond acceptors (Lipinski definition) is 6. The molecule has 3 aromatic rings. The topological polar surface area (TPSA) is 84.7 Å². The second-order valence-corrected chi connectivity index (χ2v) is 6.28. The van der Waals surface area contributed by atoms with E-state index in [1.54, 1.807) is 24.0 Å². The van der Waals surface area contributed by atoms with Gasteiger partial charge in [0.25, 0.3) is 0 Å². The first-order valence-corrected chi connectivity index (χ1v) is 8.55. The molecule has 0 saturated carbocycles. The molecule has 26 heavy (non-hydrogen) atoms. The third-order valence-electron chi connectivity index (χ3n) is 4.51. The van der Waals surface area contributed by atoms with Crippen molar-refractivity contribution in [1.29, 1.82) is 0 Å². The number of ether oxygens (including phenoxy) is 1. The predicted octanol–water partition coefficient (Wildman–Crippen LogP) is 1.39. The molecule has 1 atom stereocenters. The number of imidazole rings is 1. The summed E-state index contributed by atoms with van der Waals surface area (Å²) in [4.78, 5) is 22.8. The van der Waals surface area contributed by atoms with Gasteiger partial charge in [-0.25, -0.2) is 9.50 Å². The third-order valence-corrected chi connectivity index (χ3v) is 4.51. The Balaban J connectivity index is 1.34. The number of pyridine rings is 1. The highest BCUT2D eigenvalue weighted by molar-refractivity contribution is 5.78. The maximum Gasteiger partial charge on any atom is 0.228 e. The van der Waals surface area contributed by atoms with Gasteiger partial charge in [-0.3, -0.25) is 9.78 Å². The molecular weight excluding hydrogens is 332 g/mol. The number of carbonyl (C=O) groups is 1. The number of nitrogens with one attached hydrogen (secondary N) is 1. The molecule has 8 heteroatoms. The Morgan fingerprint density at radius 1 is 1.31 bits per heavy atom. The highest BCUT2D eigenvalue weighted by Gasteiger charge is 2.26. The van der Waals surface area contributed by atoms with E-state index in [0.29, 0.717) is 18.7 Å². The highest BCUT2D eigenvalue weighted by atomic mass is 16.5. The summed E-state index contributed by atoms with van der Waals surface area (Å²) in [5.74, 6) is 1.56. The van der Waals surface area contributed by atoms with Crippen LogP contribution in [0.5, 0.6) is 5.75 Å². The zero-order valence-corrected chi connectivity index (χ0v) is 14.5. The smallest absolute Gasteiger partial charge is 0.228 e. The van der Waals surface area contributed by atoms with Gasteiger partial charge >= 0.3 is 0 Å². The minimum atomic E-state index is 0.0880. The molecule has 1 N–H and O–H groups in total. The zero-order valence-electron chi connectivity index (χ0n) is 14.5. The van der Waals surface area contributed by atoms with Crippen LogP contribution < -0.4 is 10.1 Å². The summed E-state index contributed by atoms with van der Waals surface area (Å²) in [5, 5.41) is 7.87. The molecule has 4 rings (SSSR count). The average molecular weight is 352 g/mol. The normalized spacial score (nSPS) is 16.8. The number of nitrogens with zero attached hydrogens (tertiary/aromatic N) is 5. The van der Waals surface area contributed by atoms with Crippen molar-refractivity contribution in [3.05, 3.63) is 48.5 Å². The summed E-state index contributed by atoms with van der Waals surface area (Å²) >= 11 is 0. The SMILES string of the molecule is COc1ccc(CC(=O)N2CCC(Nc3ccc4nccn4n3)C2)nc1. The minimum absolute atomic E-state index is 0.0880. The molecular formula is C18H20N6O2. The molecule has 0 aliphatic carbocycles. The van der Waals surface area contributed by atoms with Crippen molar-refractivity contribution >= 4 is 17.4 Å². The van der Waals surface area contributed by atoms with E-state index in [-0.39, 0.29) is 11.9 Å². The van der Waals surface area contributed by atoms with Gasteiger partial charge in [0.05, 0.1) is 19.7 Å². The van der Waals surface area contributed by atoms with Crippen molar-refractivity contribution in [2.75, 3.05) is 25.5 Å². The van der Waals surface area contributed by atoms with E-state index in [4.69, 9.17) is 4.74 Å². The maximum atomic E-state index is 12.5. The first-order chi connectivity index (χ1) is 12.7. The van der Waals surface area contributed by atoms with Crippen LogP contribution >= 0.6 is 0 Å². The van der Waals surface area contributed by atoms with Crippen molar-refractivity contribution in [3.8, 4) is 5.75 Å². The van der Waals surface area contributed by atoms with Crippen molar-refractivity contribution in [2.45, 2.75) is 18.9 Å². The molecule has 0 radical (unpaired) electrons. The average Bonchev–Trinajstić information content (AvgIpc) is 3.31. The Hall–Kier alpha value is -3.16. The van der Waals surface area contributed by atoms with E-state index in [1.165, 1.54) is 0 Å². The molecule has 1 fully saturated rings. The highest BCUT2D eigenvalue weighted by Crippen LogP contribution is 2.16. The third kappa shape index (κ3) is 3.44. The number of fused-ring (bicyclic) bond motifs is 1. The molecule has 1 saturated heterocycles. The van der Waals surface area contributed by atoms with Crippen LogP contribution in [-0.4, -0.2) is 56.6 Å². The van der Waals surface area contributed by atoms with E-state index in [1.807, 2.05) is 35.4 Å². The number of carbonyl (C=O) groups excluding carboxylic acids is 1. The van der Waals surface area contributed by atoms with Crippen LogP contribution in [0.2, 0.25) is 0 Å². The fourth-order valence-electron chi connectivity index (χ4n) is 3.11. The number of hydrogen-bond donors (Lipinski definition) is 1. The van der Waals surface area contributed by atoms with Gasteiger partial charge in [0.15, 0.2) is 5.65 Å². The molecule has 1 aliphatic heterocycles. The molecule has 8 nitrogen and oxygen atoms in total. The number of amides is 1. The van der Waals surface area contributed by atoms with Gasteiger partial charge in [-0.15, -0.1) is 5.10 Å². The molecule has 0 bridgehead atoms. The minimum Gasteiger partial charge on any atom is -0.495 e. The number of rotatable bonds is 5. The molecule has 134 valence electrons. The van der Waals surface area contributed by atoms with Crippen molar-refractivity contribution in [1.82, 2.24) is 24.5 Å².